The second-order valence-corrected chi connectivity index (χ2v) is 5.13. The minimum atomic E-state index is -0.336. The molecule has 1 aliphatic rings. The van der Waals surface area contributed by atoms with Crippen molar-refractivity contribution in [1.29, 1.82) is 0 Å². The Morgan fingerprint density at radius 1 is 1.40 bits per heavy atom. The standard InChI is InChI=1S/C15H18N2O3/c1-11(9-15(16)19)10-17(20-2)8-7-14(18)12-5-3-4-6-13(12)17/h3-8,11H,9-10H2,1-2H3,(H-,16,19)/p+1. The number of nitrogens with two attached hydrogens (primary N) is 1. The number of rotatable bonds is 5. The van der Waals surface area contributed by atoms with Gasteiger partial charge in [-0.2, -0.15) is 4.84 Å². The molecule has 2 atom stereocenters. The number of amides is 1. The fourth-order valence-electron chi connectivity index (χ4n) is 2.63. The lowest BCUT2D eigenvalue weighted by Gasteiger charge is -2.34. The van der Waals surface area contributed by atoms with Crippen molar-refractivity contribution in [3.05, 3.63) is 42.1 Å². The highest BCUT2D eigenvalue weighted by Gasteiger charge is 2.38. The zero-order chi connectivity index (χ0) is 14.8. The number of quaternary nitrogens is 1. The summed E-state index contributed by atoms with van der Waals surface area (Å²) in [6.45, 7) is 2.48. The van der Waals surface area contributed by atoms with Gasteiger partial charge in [0.05, 0.1) is 12.7 Å². The summed E-state index contributed by atoms with van der Waals surface area (Å²) in [5.41, 5.74) is 6.66. The number of nitrogens with zero attached hydrogens (tertiary/aromatic N) is 1. The number of hydrogen-bond donors (Lipinski definition) is 1. The van der Waals surface area contributed by atoms with Crippen LogP contribution in [0.1, 0.15) is 23.7 Å². The van der Waals surface area contributed by atoms with E-state index in [2.05, 4.69) is 0 Å². The molecule has 1 heterocycles. The molecule has 2 unspecified atom stereocenters. The summed E-state index contributed by atoms with van der Waals surface area (Å²) in [7, 11) is 1.59. The van der Waals surface area contributed by atoms with Crippen LogP contribution in [-0.4, -0.2) is 25.3 Å². The molecule has 106 valence electrons. The summed E-state index contributed by atoms with van der Waals surface area (Å²) in [5.74, 6) is -0.329. The molecule has 0 saturated heterocycles. The lowest BCUT2D eigenvalue weighted by molar-refractivity contribution is -0.120. The predicted molar refractivity (Wildman–Crippen MR) is 76.6 cm³/mol. The van der Waals surface area contributed by atoms with Gasteiger partial charge in [0.25, 0.3) is 0 Å². The molecule has 1 aliphatic heterocycles. The fraction of sp³-hybridized carbons (Fsp3) is 0.333. The number of hydroxylamine groups is 2. The number of para-hydroxylation sites is 1. The highest BCUT2D eigenvalue weighted by atomic mass is 16.7. The van der Waals surface area contributed by atoms with E-state index in [9.17, 15) is 9.59 Å². The van der Waals surface area contributed by atoms with Crippen LogP contribution in [0.15, 0.2) is 36.5 Å². The second kappa shape index (κ2) is 5.56. The molecule has 1 aromatic rings. The zero-order valence-corrected chi connectivity index (χ0v) is 11.7. The highest BCUT2D eigenvalue weighted by Crippen LogP contribution is 2.34. The van der Waals surface area contributed by atoms with E-state index in [1.54, 1.807) is 19.4 Å². The number of ketones is 1. The third-order valence-electron chi connectivity index (χ3n) is 3.50. The van der Waals surface area contributed by atoms with E-state index in [0.717, 1.165) is 5.69 Å². The molecule has 0 bridgehead atoms. The van der Waals surface area contributed by atoms with Crippen LogP contribution in [0.25, 0.3) is 0 Å². The van der Waals surface area contributed by atoms with Crippen molar-refractivity contribution in [3.8, 4) is 0 Å². The van der Waals surface area contributed by atoms with E-state index in [-0.39, 0.29) is 28.7 Å². The Labute approximate surface area is 118 Å². The molecule has 1 aromatic carbocycles. The highest BCUT2D eigenvalue weighted by molar-refractivity contribution is 6.09. The third kappa shape index (κ3) is 2.64. The summed E-state index contributed by atoms with van der Waals surface area (Å²) >= 11 is 0. The maximum atomic E-state index is 11.9. The molecular formula is C15H19N2O3+. The summed E-state index contributed by atoms with van der Waals surface area (Å²) in [4.78, 5) is 28.6. The Bertz CT molecular complexity index is 568. The number of fused-ring (bicyclic) bond motifs is 1. The first-order valence-electron chi connectivity index (χ1n) is 6.53. The van der Waals surface area contributed by atoms with Crippen LogP contribution < -0.4 is 10.4 Å². The van der Waals surface area contributed by atoms with Crippen LogP contribution >= 0.6 is 0 Å². The average Bonchev–Trinajstić information content (AvgIpc) is 2.42. The topological polar surface area (TPSA) is 69.4 Å². The lowest BCUT2D eigenvalue weighted by Crippen LogP contribution is -2.48. The van der Waals surface area contributed by atoms with Crippen LogP contribution in [0.4, 0.5) is 5.69 Å². The molecule has 5 nitrogen and oxygen atoms in total. The number of carbonyl (C=O) groups excluding carboxylic acids is 2. The zero-order valence-electron chi connectivity index (χ0n) is 11.7. The van der Waals surface area contributed by atoms with E-state index in [4.69, 9.17) is 10.6 Å². The second-order valence-electron chi connectivity index (χ2n) is 5.13. The van der Waals surface area contributed by atoms with E-state index >= 15 is 0 Å². The SMILES string of the molecule is CO[N+]1(CC(C)CC(N)=O)C=CC(=O)c2ccccc21. The van der Waals surface area contributed by atoms with Crippen molar-refractivity contribution in [2.45, 2.75) is 13.3 Å². The molecule has 0 fully saturated rings. The Kier molecular flexibility index (Phi) is 4.01. The quantitative estimate of drug-likeness (QED) is 0.833. The van der Waals surface area contributed by atoms with Gasteiger partial charge in [-0.3, -0.25) is 9.59 Å². The van der Waals surface area contributed by atoms with Crippen molar-refractivity contribution in [3.63, 3.8) is 0 Å². The number of allylic oxidation sites excluding steroid dienone is 1. The minimum absolute atomic E-state index is 0.0334. The molecule has 1 amide bonds. The molecule has 5 heteroatoms. The summed E-state index contributed by atoms with van der Waals surface area (Å²) in [6, 6.07) is 7.35. The average molecular weight is 275 g/mol. The Balaban J connectivity index is 2.38. The van der Waals surface area contributed by atoms with E-state index < -0.39 is 0 Å². The number of primary amides is 1. The van der Waals surface area contributed by atoms with Crippen molar-refractivity contribution < 1.29 is 14.4 Å². The van der Waals surface area contributed by atoms with Crippen LogP contribution in [0.2, 0.25) is 0 Å². The molecule has 2 rings (SSSR count). The van der Waals surface area contributed by atoms with Crippen LogP contribution in [0.5, 0.6) is 0 Å². The smallest absolute Gasteiger partial charge is 0.217 e. The first-order chi connectivity index (χ1) is 9.48. The van der Waals surface area contributed by atoms with Gasteiger partial charge >= 0.3 is 0 Å². The molecule has 0 saturated carbocycles. The first kappa shape index (κ1) is 14.4. The molecule has 0 aliphatic carbocycles. The van der Waals surface area contributed by atoms with Gasteiger partial charge in [-0.05, 0) is 6.07 Å². The monoisotopic (exact) mass is 275 g/mol. The maximum absolute atomic E-state index is 11.9. The molecule has 20 heavy (non-hydrogen) atoms. The van der Waals surface area contributed by atoms with Gasteiger partial charge in [-0.15, -0.1) is 4.65 Å². The van der Waals surface area contributed by atoms with Gasteiger partial charge in [0.1, 0.15) is 12.7 Å². The van der Waals surface area contributed by atoms with Crippen molar-refractivity contribution in [1.82, 2.24) is 4.65 Å². The first-order valence-corrected chi connectivity index (χ1v) is 6.53. The normalized spacial score (nSPS) is 22.4. The van der Waals surface area contributed by atoms with E-state index in [1.807, 2.05) is 25.1 Å². The van der Waals surface area contributed by atoms with Gasteiger partial charge < -0.3 is 5.73 Å². The van der Waals surface area contributed by atoms with Gasteiger partial charge in [0, 0.05) is 24.5 Å². The lowest BCUT2D eigenvalue weighted by atomic mass is 10.0. The number of benzene rings is 1. The third-order valence-corrected chi connectivity index (χ3v) is 3.50. The van der Waals surface area contributed by atoms with Crippen molar-refractivity contribution in [2.75, 3.05) is 13.7 Å². The maximum Gasteiger partial charge on any atom is 0.217 e. The Morgan fingerprint density at radius 2 is 2.10 bits per heavy atom. The molecule has 0 spiro atoms. The summed E-state index contributed by atoms with van der Waals surface area (Å²) < 4.78 is 0.0936. The Morgan fingerprint density at radius 3 is 2.75 bits per heavy atom. The fourth-order valence-corrected chi connectivity index (χ4v) is 2.63. The van der Waals surface area contributed by atoms with Gasteiger partial charge in [0.2, 0.25) is 5.91 Å². The predicted octanol–water partition coefficient (Wildman–Crippen LogP) is 1.78. The van der Waals surface area contributed by atoms with Gasteiger partial charge in [-0.1, -0.05) is 19.1 Å². The van der Waals surface area contributed by atoms with Crippen LogP contribution in [0, 0.1) is 5.92 Å². The van der Waals surface area contributed by atoms with Gasteiger partial charge in [0.15, 0.2) is 11.5 Å². The van der Waals surface area contributed by atoms with E-state index in [1.165, 1.54) is 6.08 Å². The van der Waals surface area contributed by atoms with Gasteiger partial charge in [-0.25, -0.2) is 0 Å². The molecule has 0 radical (unpaired) electrons. The minimum Gasteiger partial charge on any atom is -0.370 e. The number of carbonyl (C=O) groups is 2. The molecule has 2 N–H and O–H groups in total. The van der Waals surface area contributed by atoms with Crippen LogP contribution in [0.3, 0.4) is 0 Å². The molecular weight excluding hydrogens is 256 g/mol. The van der Waals surface area contributed by atoms with Crippen LogP contribution in [-0.2, 0) is 9.63 Å². The summed E-state index contributed by atoms with van der Waals surface area (Å²) in [6.07, 6.45) is 3.53. The van der Waals surface area contributed by atoms with Crippen molar-refractivity contribution in [2.24, 2.45) is 11.7 Å². The molecule has 0 aromatic heterocycles. The Hall–Kier alpha value is -1.98. The number of hydrogen-bond acceptors (Lipinski definition) is 3. The van der Waals surface area contributed by atoms with E-state index in [0.29, 0.717) is 12.1 Å². The van der Waals surface area contributed by atoms with Crippen molar-refractivity contribution >= 4 is 17.4 Å². The largest absolute Gasteiger partial charge is 0.370 e. The summed E-state index contributed by atoms with van der Waals surface area (Å²) in [5, 5.41) is 0.